The van der Waals surface area contributed by atoms with Gasteiger partial charge in [0.15, 0.2) is 0 Å². The molecule has 1 aromatic carbocycles. The van der Waals surface area contributed by atoms with E-state index in [1.165, 1.54) is 5.56 Å². The van der Waals surface area contributed by atoms with Crippen molar-refractivity contribution in [3.8, 4) is 5.75 Å². The van der Waals surface area contributed by atoms with E-state index < -0.39 is 0 Å². The van der Waals surface area contributed by atoms with E-state index in [0.717, 1.165) is 22.6 Å². The Hall–Kier alpha value is -1.87. The number of pyridine rings is 1. The first kappa shape index (κ1) is 12.6. The molecule has 0 saturated heterocycles. The van der Waals surface area contributed by atoms with Gasteiger partial charge in [0.05, 0.1) is 5.69 Å². The lowest BCUT2D eigenvalue weighted by atomic mass is 10.1. The Morgan fingerprint density at radius 1 is 1.22 bits per heavy atom. The van der Waals surface area contributed by atoms with E-state index >= 15 is 0 Å². The molecule has 2 aromatic rings. The number of benzene rings is 1. The van der Waals surface area contributed by atoms with Crippen LogP contribution in [0.1, 0.15) is 22.4 Å². The maximum atomic E-state index is 5.82. The fourth-order valence-corrected chi connectivity index (χ4v) is 1.90. The molecule has 0 atom stereocenters. The molecule has 0 aliphatic carbocycles. The quantitative estimate of drug-likeness (QED) is 0.896. The number of hydrogen-bond donors (Lipinski definition) is 1. The van der Waals surface area contributed by atoms with Crippen molar-refractivity contribution in [2.45, 2.75) is 27.0 Å². The first-order valence-corrected chi connectivity index (χ1v) is 6.03. The standard InChI is InChI=1S/C15H18N2O/c1-11-5-6-15(12(2)8-11)18-10-13-4-3-7-17-14(13)9-16/h3-8H,9-10,16H2,1-2H3. The van der Waals surface area contributed by atoms with E-state index in [2.05, 4.69) is 31.0 Å². The summed E-state index contributed by atoms with van der Waals surface area (Å²) in [6.07, 6.45) is 1.75. The first-order valence-electron chi connectivity index (χ1n) is 6.03. The van der Waals surface area contributed by atoms with Crippen molar-refractivity contribution in [3.63, 3.8) is 0 Å². The number of ether oxygens (including phenoxy) is 1. The number of rotatable bonds is 4. The van der Waals surface area contributed by atoms with Crippen LogP contribution in [0.4, 0.5) is 0 Å². The number of aromatic nitrogens is 1. The molecule has 2 rings (SSSR count). The Kier molecular flexibility index (Phi) is 3.95. The van der Waals surface area contributed by atoms with Crippen LogP contribution in [0.3, 0.4) is 0 Å². The van der Waals surface area contributed by atoms with Crippen LogP contribution in [0.2, 0.25) is 0 Å². The Balaban J connectivity index is 2.11. The van der Waals surface area contributed by atoms with Gasteiger partial charge in [-0.05, 0) is 31.5 Å². The van der Waals surface area contributed by atoms with Gasteiger partial charge in [0, 0.05) is 18.3 Å². The van der Waals surface area contributed by atoms with Crippen molar-refractivity contribution < 1.29 is 4.74 Å². The zero-order valence-electron chi connectivity index (χ0n) is 10.8. The molecule has 0 radical (unpaired) electrons. The molecule has 18 heavy (non-hydrogen) atoms. The molecule has 0 aliphatic heterocycles. The summed E-state index contributed by atoms with van der Waals surface area (Å²) in [6.45, 7) is 5.07. The van der Waals surface area contributed by atoms with E-state index in [1.807, 2.05) is 18.2 Å². The van der Waals surface area contributed by atoms with Crippen molar-refractivity contribution >= 4 is 0 Å². The third kappa shape index (κ3) is 2.87. The van der Waals surface area contributed by atoms with Gasteiger partial charge < -0.3 is 10.5 Å². The molecule has 3 heteroatoms. The van der Waals surface area contributed by atoms with E-state index in [1.54, 1.807) is 6.20 Å². The van der Waals surface area contributed by atoms with E-state index in [-0.39, 0.29) is 0 Å². The van der Waals surface area contributed by atoms with E-state index in [4.69, 9.17) is 10.5 Å². The highest BCUT2D eigenvalue weighted by molar-refractivity contribution is 5.36. The van der Waals surface area contributed by atoms with Crippen LogP contribution < -0.4 is 10.5 Å². The summed E-state index contributed by atoms with van der Waals surface area (Å²) in [5.74, 6) is 0.910. The molecule has 94 valence electrons. The van der Waals surface area contributed by atoms with Gasteiger partial charge in [-0.25, -0.2) is 0 Å². The molecular weight excluding hydrogens is 224 g/mol. The fourth-order valence-electron chi connectivity index (χ4n) is 1.90. The third-order valence-corrected chi connectivity index (χ3v) is 2.89. The summed E-state index contributed by atoms with van der Waals surface area (Å²) >= 11 is 0. The topological polar surface area (TPSA) is 48.1 Å². The van der Waals surface area contributed by atoms with Crippen LogP contribution >= 0.6 is 0 Å². The Labute approximate surface area is 108 Å². The number of hydrogen-bond acceptors (Lipinski definition) is 3. The minimum atomic E-state index is 0.437. The molecule has 0 aliphatic rings. The summed E-state index contributed by atoms with van der Waals surface area (Å²) in [7, 11) is 0. The number of nitrogens with zero attached hydrogens (tertiary/aromatic N) is 1. The number of nitrogens with two attached hydrogens (primary N) is 1. The summed E-state index contributed by atoms with van der Waals surface area (Å²) in [4.78, 5) is 4.24. The lowest BCUT2D eigenvalue weighted by molar-refractivity contribution is 0.302. The van der Waals surface area contributed by atoms with Gasteiger partial charge >= 0.3 is 0 Å². The Morgan fingerprint density at radius 3 is 2.78 bits per heavy atom. The molecule has 0 spiro atoms. The minimum Gasteiger partial charge on any atom is -0.489 e. The zero-order valence-corrected chi connectivity index (χ0v) is 10.8. The largest absolute Gasteiger partial charge is 0.489 e. The first-order chi connectivity index (χ1) is 8.70. The van der Waals surface area contributed by atoms with Crippen LogP contribution in [0.25, 0.3) is 0 Å². The summed E-state index contributed by atoms with van der Waals surface area (Å²) in [6, 6.07) is 10.1. The van der Waals surface area contributed by atoms with Gasteiger partial charge in [-0.2, -0.15) is 0 Å². The summed E-state index contributed by atoms with van der Waals surface area (Å²) < 4.78 is 5.82. The van der Waals surface area contributed by atoms with Crippen LogP contribution in [0, 0.1) is 13.8 Å². The molecule has 1 aromatic heterocycles. The van der Waals surface area contributed by atoms with Crippen molar-refractivity contribution in [3.05, 3.63) is 58.9 Å². The second-order valence-corrected chi connectivity index (χ2v) is 4.37. The molecule has 0 unspecified atom stereocenters. The van der Waals surface area contributed by atoms with Gasteiger partial charge in [0.2, 0.25) is 0 Å². The van der Waals surface area contributed by atoms with Crippen LogP contribution in [0.15, 0.2) is 36.5 Å². The maximum absolute atomic E-state index is 5.82. The zero-order chi connectivity index (χ0) is 13.0. The smallest absolute Gasteiger partial charge is 0.122 e. The molecule has 0 saturated carbocycles. The normalized spacial score (nSPS) is 10.4. The average Bonchev–Trinajstić information content (AvgIpc) is 2.38. The number of aryl methyl sites for hydroxylation is 2. The maximum Gasteiger partial charge on any atom is 0.122 e. The fraction of sp³-hybridized carbons (Fsp3) is 0.267. The molecular formula is C15H18N2O. The van der Waals surface area contributed by atoms with Crippen molar-refractivity contribution in [1.29, 1.82) is 0 Å². The second kappa shape index (κ2) is 5.65. The van der Waals surface area contributed by atoms with Crippen molar-refractivity contribution in [1.82, 2.24) is 4.98 Å². The minimum absolute atomic E-state index is 0.437. The van der Waals surface area contributed by atoms with Gasteiger partial charge in [0.25, 0.3) is 0 Å². The highest BCUT2D eigenvalue weighted by Crippen LogP contribution is 2.20. The lowest BCUT2D eigenvalue weighted by Crippen LogP contribution is -2.07. The average molecular weight is 242 g/mol. The van der Waals surface area contributed by atoms with Crippen molar-refractivity contribution in [2.75, 3.05) is 0 Å². The predicted octanol–water partition coefficient (Wildman–Crippen LogP) is 2.74. The van der Waals surface area contributed by atoms with Crippen LogP contribution in [-0.2, 0) is 13.2 Å². The van der Waals surface area contributed by atoms with Crippen molar-refractivity contribution in [2.24, 2.45) is 5.73 Å². The SMILES string of the molecule is Cc1ccc(OCc2cccnc2CN)c(C)c1. The molecule has 1 heterocycles. The third-order valence-electron chi connectivity index (χ3n) is 2.89. The second-order valence-electron chi connectivity index (χ2n) is 4.37. The highest BCUT2D eigenvalue weighted by atomic mass is 16.5. The van der Waals surface area contributed by atoms with Gasteiger partial charge in [-0.1, -0.05) is 23.8 Å². The predicted molar refractivity (Wildman–Crippen MR) is 72.4 cm³/mol. The monoisotopic (exact) mass is 242 g/mol. The molecule has 3 nitrogen and oxygen atoms in total. The van der Waals surface area contributed by atoms with Gasteiger partial charge in [-0.15, -0.1) is 0 Å². The Bertz CT molecular complexity index is 538. The molecule has 0 fully saturated rings. The van der Waals surface area contributed by atoms with Gasteiger partial charge in [-0.3, -0.25) is 4.98 Å². The molecule has 2 N–H and O–H groups in total. The van der Waals surface area contributed by atoms with Crippen LogP contribution in [0.5, 0.6) is 5.75 Å². The Morgan fingerprint density at radius 2 is 2.06 bits per heavy atom. The summed E-state index contributed by atoms with van der Waals surface area (Å²) in [5, 5.41) is 0. The molecule has 0 bridgehead atoms. The lowest BCUT2D eigenvalue weighted by Gasteiger charge is -2.11. The molecule has 0 amide bonds. The van der Waals surface area contributed by atoms with Crippen LogP contribution in [-0.4, -0.2) is 4.98 Å². The highest BCUT2D eigenvalue weighted by Gasteiger charge is 2.04. The van der Waals surface area contributed by atoms with Gasteiger partial charge in [0.1, 0.15) is 12.4 Å². The van der Waals surface area contributed by atoms with E-state index in [9.17, 15) is 0 Å². The summed E-state index contributed by atoms with van der Waals surface area (Å²) in [5.41, 5.74) is 9.97. The van der Waals surface area contributed by atoms with E-state index in [0.29, 0.717) is 13.2 Å².